The van der Waals surface area contributed by atoms with Crippen LogP contribution in [0.5, 0.6) is 0 Å². The fraction of sp³-hybridized carbons (Fsp3) is 0.632. The van der Waals surface area contributed by atoms with Crippen molar-refractivity contribution in [1.29, 1.82) is 0 Å². The Hall–Kier alpha value is -1.39. The van der Waals surface area contributed by atoms with E-state index in [4.69, 9.17) is 0 Å². The number of nitrogens with zero attached hydrogens (tertiary/aromatic N) is 3. The van der Waals surface area contributed by atoms with E-state index in [-0.39, 0.29) is 0 Å². The van der Waals surface area contributed by atoms with E-state index in [1.807, 2.05) is 4.90 Å². The molecule has 1 amide bonds. The SMILES string of the molecule is C[C@@H](c1cccc(CN(C)CCN2CCCCC2=O)c1)N(C)C. The van der Waals surface area contributed by atoms with Gasteiger partial charge in [0.15, 0.2) is 0 Å². The average molecular weight is 317 g/mol. The van der Waals surface area contributed by atoms with Crippen LogP contribution in [0.15, 0.2) is 24.3 Å². The Balaban J connectivity index is 1.86. The Morgan fingerprint density at radius 2 is 2.00 bits per heavy atom. The van der Waals surface area contributed by atoms with E-state index >= 15 is 0 Å². The van der Waals surface area contributed by atoms with Crippen LogP contribution in [-0.4, -0.2) is 61.4 Å². The highest BCUT2D eigenvalue weighted by molar-refractivity contribution is 5.76. The zero-order valence-electron chi connectivity index (χ0n) is 15.1. The van der Waals surface area contributed by atoms with Crippen LogP contribution in [0, 0.1) is 0 Å². The molecule has 1 atom stereocenters. The number of rotatable bonds is 7. The minimum Gasteiger partial charge on any atom is -0.341 e. The number of amides is 1. The highest BCUT2D eigenvalue weighted by Crippen LogP contribution is 2.19. The van der Waals surface area contributed by atoms with Crippen molar-refractivity contribution in [2.75, 3.05) is 40.8 Å². The van der Waals surface area contributed by atoms with Crippen LogP contribution in [0.3, 0.4) is 0 Å². The topological polar surface area (TPSA) is 26.8 Å². The molecule has 0 aromatic heterocycles. The van der Waals surface area contributed by atoms with Crippen LogP contribution in [0.4, 0.5) is 0 Å². The molecular formula is C19H31N3O. The summed E-state index contributed by atoms with van der Waals surface area (Å²) in [6.45, 7) is 5.87. The summed E-state index contributed by atoms with van der Waals surface area (Å²) in [4.78, 5) is 18.4. The second kappa shape index (κ2) is 8.46. The molecule has 0 N–H and O–H groups in total. The lowest BCUT2D eigenvalue weighted by Crippen LogP contribution is -2.40. The molecule has 1 heterocycles. The first-order chi connectivity index (χ1) is 11.0. The minimum atomic E-state index is 0.325. The van der Waals surface area contributed by atoms with Crippen molar-refractivity contribution < 1.29 is 4.79 Å². The van der Waals surface area contributed by atoms with Gasteiger partial charge in [-0.15, -0.1) is 0 Å². The normalized spacial score (nSPS) is 17.1. The maximum Gasteiger partial charge on any atom is 0.222 e. The first-order valence-corrected chi connectivity index (χ1v) is 8.69. The number of hydrogen-bond acceptors (Lipinski definition) is 3. The molecule has 0 aliphatic carbocycles. The predicted molar refractivity (Wildman–Crippen MR) is 95.3 cm³/mol. The molecule has 0 saturated carbocycles. The van der Waals surface area contributed by atoms with E-state index in [1.54, 1.807) is 0 Å². The van der Waals surface area contributed by atoms with Gasteiger partial charge in [0.2, 0.25) is 5.91 Å². The van der Waals surface area contributed by atoms with Crippen molar-refractivity contribution >= 4 is 5.91 Å². The molecule has 4 heteroatoms. The van der Waals surface area contributed by atoms with E-state index in [0.717, 1.165) is 45.4 Å². The van der Waals surface area contributed by atoms with Gasteiger partial charge in [0.05, 0.1) is 0 Å². The highest BCUT2D eigenvalue weighted by Gasteiger charge is 2.17. The zero-order valence-corrected chi connectivity index (χ0v) is 15.1. The lowest BCUT2D eigenvalue weighted by atomic mass is 10.0. The van der Waals surface area contributed by atoms with E-state index in [9.17, 15) is 4.79 Å². The van der Waals surface area contributed by atoms with Crippen LogP contribution >= 0.6 is 0 Å². The Labute approximate surface area is 141 Å². The molecule has 0 radical (unpaired) electrons. The maximum absolute atomic E-state index is 11.9. The van der Waals surface area contributed by atoms with Crippen molar-refractivity contribution in [2.24, 2.45) is 0 Å². The van der Waals surface area contributed by atoms with Crippen molar-refractivity contribution in [3.63, 3.8) is 0 Å². The summed E-state index contributed by atoms with van der Waals surface area (Å²) in [7, 11) is 6.36. The second-order valence-corrected chi connectivity index (χ2v) is 6.96. The number of benzene rings is 1. The number of likely N-dealkylation sites (N-methyl/N-ethyl adjacent to an activating group) is 1. The third kappa shape index (κ3) is 5.33. The van der Waals surface area contributed by atoms with E-state index in [1.165, 1.54) is 11.1 Å². The Morgan fingerprint density at radius 3 is 2.70 bits per heavy atom. The molecule has 1 fully saturated rings. The van der Waals surface area contributed by atoms with Gasteiger partial charge in [-0.2, -0.15) is 0 Å². The number of likely N-dealkylation sites (tertiary alicyclic amines) is 1. The molecule has 1 saturated heterocycles. The summed E-state index contributed by atoms with van der Waals surface area (Å²) in [6.07, 6.45) is 2.94. The monoisotopic (exact) mass is 317 g/mol. The predicted octanol–water partition coefficient (Wildman–Crippen LogP) is 2.75. The summed E-state index contributed by atoms with van der Waals surface area (Å²) in [5.74, 6) is 0.325. The number of carbonyl (C=O) groups excluding carboxylic acids is 1. The summed E-state index contributed by atoms with van der Waals surface area (Å²) >= 11 is 0. The molecule has 2 rings (SSSR count). The van der Waals surface area contributed by atoms with Gasteiger partial charge >= 0.3 is 0 Å². The van der Waals surface area contributed by atoms with Crippen LogP contribution in [-0.2, 0) is 11.3 Å². The third-order valence-electron chi connectivity index (χ3n) is 4.83. The number of hydrogen-bond donors (Lipinski definition) is 0. The molecule has 1 aliphatic heterocycles. The molecule has 23 heavy (non-hydrogen) atoms. The molecular weight excluding hydrogens is 286 g/mol. The van der Waals surface area contributed by atoms with Crippen molar-refractivity contribution in [2.45, 2.75) is 38.8 Å². The summed E-state index contributed by atoms with van der Waals surface area (Å²) < 4.78 is 0. The fourth-order valence-electron chi connectivity index (χ4n) is 3.03. The van der Waals surface area contributed by atoms with Gasteiger partial charge in [-0.3, -0.25) is 4.79 Å². The third-order valence-corrected chi connectivity index (χ3v) is 4.83. The van der Waals surface area contributed by atoms with Gasteiger partial charge in [0, 0.05) is 38.6 Å². The number of carbonyl (C=O) groups is 1. The van der Waals surface area contributed by atoms with E-state index in [0.29, 0.717) is 11.9 Å². The Kier molecular flexibility index (Phi) is 6.60. The lowest BCUT2D eigenvalue weighted by molar-refractivity contribution is -0.133. The van der Waals surface area contributed by atoms with Crippen molar-refractivity contribution in [3.8, 4) is 0 Å². The highest BCUT2D eigenvalue weighted by atomic mass is 16.2. The van der Waals surface area contributed by atoms with E-state index < -0.39 is 0 Å². The zero-order chi connectivity index (χ0) is 16.8. The Bertz CT molecular complexity index is 515. The standard InChI is InChI=1S/C19H31N3O/c1-16(20(2)3)18-9-7-8-17(14-18)15-21(4)12-13-22-11-6-5-10-19(22)23/h7-9,14,16H,5-6,10-13,15H2,1-4H3/t16-/m0/s1. The van der Waals surface area contributed by atoms with Gasteiger partial charge < -0.3 is 14.7 Å². The van der Waals surface area contributed by atoms with E-state index in [2.05, 4.69) is 62.1 Å². The molecule has 0 bridgehead atoms. The van der Waals surface area contributed by atoms with Crippen molar-refractivity contribution in [3.05, 3.63) is 35.4 Å². The second-order valence-electron chi connectivity index (χ2n) is 6.96. The maximum atomic E-state index is 11.9. The summed E-state index contributed by atoms with van der Waals surface area (Å²) in [5.41, 5.74) is 2.69. The van der Waals surface area contributed by atoms with Crippen molar-refractivity contribution in [1.82, 2.24) is 14.7 Å². The average Bonchev–Trinajstić information content (AvgIpc) is 2.53. The first-order valence-electron chi connectivity index (χ1n) is 8.69. The fourth-order valence-corrected chi connectivity index (χ4v) is 3.03. The van der Waals surface area contributed by atoms with Gasteiger partial charge in [-0.05, 0) is 52.0 Å². The molecule has 1 aliphatic rings. The van der Waals surface area contributed by atoms with Gasteiger partial charge in [0.25, 0.3) is 0 Å². The van der Waals surface area contributed by atoms with Crippen LogP contribution < -0.4 is 0 Å². The quantitative estimate of drug-likeness (QED) is 0.774. The minimum absolute atomic E-state index is 0.325. The largest absolute Gasteiger partial charge is 0.341 e. The lowest BCUT2D eigenvalue weighted by Gasteiger charge is -2.29. The van der Waals surface area contributed by atoms with Gasteiger partial charge in [-0.1, -0.05) is 24.3 Å². The van der Waals surface area contributed by atoms with Crippen LogP contribution in [0.2, 0.25) is 0 Å². The van der Waals surface area contributed by atoms with Gasteiger partial charge in [0.1, 0.15) is 0 Å². The molecule has 128 valence electrons. The Morgan fingerprint density at radius 1 is 1.22 bits per heavy atom. The summed E-state index contributed by atoms with van der Waals surface area (Å²) in [6, 6.07) is 9.25. The van der Waals surface area contributed by atoms with Gasteiger partial charge in [-0.25, -0.2) is 0 Å². The smallest absolute Gasteiger partial charge is 0.222 e. The molecule has 1 aromatic carbocycles. The summed E-state index contributed by atoms with van der Waals surface area (Å²) in [5, 5.41) is 0. The first kappa shape index (κ1) is 18.0. The molecule has 0 spiro atoms. The molecule has 0 unspecified atom stereocenters. The number of piperidine rings is 1. The van der Waals surface area contributed by atoms with Crippen LogP contribution in [0.1, 0.15) is 43.4 Å². The molecule has 4 nitrogen and oxygen atoms in total. The molecule has 1 aromatic rings. The van der Waals surface area contributed by atoms with Crippen LogP contribution in [0.25, 0.3) is 0 Å².